The van der Waals surface area contributed by atoms with Crippen molar-refractivity contribution in [1.29, 1.82) is 0 Å². The summed E-state index contributed by atoms with van der Waals surface area (Å²) >= 11 is 6.05. The Morgan fingerprint density at radius 1 is 0.730 bits per heavy atom. The highest BCUT2D eigenvalue weighted by atomic mass is 35.5. The molecule has 8 rings (SSSR count). The third kappa shape index (κ3) is 10.3. The van der Waals surface area contributed by atoms with Crippen LogP contribution in [-0.4, -0.2) is 59.3 Å². The normalized spacial score (nSPS) is 11.6. The summed E-state index contributed by atoms with van der Waals surface area (Å²) in [6.45, 7) is 7.81. The van der Waals surface area contributed by atoms with Crippen molar-refractivity contribution >= 4 is 59.8 Å². The minimum atomic E-state index is -3.86. The lowest BCUT2D eigenvalue weighted by Crippen LogP contribution is -2.23. The van der Waals surface area contributed by atoms with Gasteiger partial charge in [0.15, 0.2) is 5.65 Å². The van der Waals surface area contributed by atoms with Gasteiger partial charge in [0.1, 0.15) is 16.3 Å². The largest absolute Gasteiger partial charge is 0.490 e. The number of aromatic nitrogens is 5. The summed E-state index contributed by atoms with van der Waals surface area (Å²) in [5.74, 6) is -0.261. The molecule has 2 amide bonds. The maximum atomic E-state index is 13.2. The first kappa shape index (κ1) is 44.2. The zero-order chi connectivity index (χ0) is 44.9. The van der Waals surface area contributed by atoms with Gasteiger partial charge >= 0.3 is 0 Å². The van der Waals surface area contributed by atoms with E-state index in [0.29, 0.717) is 38.8 Å². The summed E-state index contributed by atoms with van der Waals surface area (Å²) in [4.78, 5) is 33.8. The summed E-state index contributed by atoms with van der Waals surface area (Å²) in [7, 11) is -7.45. The average Bonchev–Trinajstić information content (AvgIpc) is 3.96. The topological polar surface area (TPSA) is 195 Å². The number of sulfone groups is 2. The molecule has 0 spiro atoms. The molecule has 0 atom stereocenters. The predicted molar refractivity (Wildman–Crippen MR) is 238 cm³/mol. The molecule has 322 valence electrons. The van der Waals surface area contributed by atoms with E-state index < -0.39 is 19.7 Å². The van der Waals surface area contributed by atoms with E-state index in [4.69, 9.17) is 16.3 Å². The van der Waals surface area contributed by atoms with E-state index in [1.165, 1.54) is 24.4 Å². The number of pyridine rings is 2. The van der Waals surface area contributed by atoms with Crippen LogP contribution in [0.3, 0.4) is 0 Å². The number of ether oxygens (including phenoxy) is 1. The quantitative estimate of drug-likeness (QED) is 0.109. The van der Waals surface area contributed by atoms with Gasteiger partial charge in [-0.25, -0.2) is 26.8 Å². The molecule has 4 aromatic heterocycles. The average molecular weight is 904 g/mol. The second-order valence-electron chi connectivity index (χ2n) is 14.8. The number of amides is 2. The highest BCUT2D eigenvalue weighted by Crippen LogP contribution is 2.33. The first-order valence-corrected chi connectivity index (χ1v) is 22.9. The summed E-state index contributed by atoms with van der Waals surface area (Å²) in [5, 5.41) is 13.3. The molecule has 0 saturated carbocycles. The molecule has 0 radical (unpaired) electrons. The van der Waals surface area contributed by atoms with Gasteiger partial charge in [-0.05, 0) is 117 Å². The first-order valence-electron chi connectivity index (χ1n) is 19.6. The Labute approximate surface area is 369 Å². The van der Waals surface area contributed by atoms with Crippen LogP contribution in [0.15, 0.2) is 154 Å². The maximum Gasteiger partial charge on any atom is 0.253 e. The van der Waals surface area contributed by atoms with Crippen molar-refractivity contribution < 1.29 is 31.2 Å². The van der Waals surface area contributed by atoms with Crippen LogP contribution in [0.5, 0.6) is 5.75 Å². The second-order valence-corrected chi connectivity index (χ2v) is 19.1. The van der Waals surface area contributed by atoms with E-state index in [-0.39, 0.29) is 44.9 Å². The zero-order valence-corrected chi connectivity index (χ0v) is 36.9. The zero-order valence-electron chi connectivity index (χ0n) is 34.5. The number of benzene rings is 4. The molecule has 17 heteroatoms. The van der Waals surface area contributed by atoms with Crippen LogP contribution in [0.25, 0.3) is 16.7 Å². The molecule has 4 aromatic carbocycles. The third-order valence-corrected chi connectivity index (χ3v) is 13.7. The lowest BCUT2D eigenvalue weighted by Gasteiger charge is -2.15. The van der Waals surface area contributed by atoms with E-state index in [1.54, 1.807) is 109 Å². The Kier molecular flexibility index (Phi) is 13.1. The molecular formula is C46H42ClN7O7S2. The molecule has 0 saturated heterocycles. The SMILES string of the molecule is CC(C)Oc1ccc(Cl)cc1S(=O)(=O)c1ccc(CNC(=O)c2cnc3[nH]ncc3c2)cc1.Cc1ccc(C)c(S(=O)(=O)c2ccc(CNC(=O)c3ccc4nccn4c3)cc2)c1. The Balaban J connectivity index is 0.000000190. The van der Waals surface area contributed by atoms with Gasteiger partial charge in [-0.2, -0.15) is 5.10 Å². The van der Waals surface area contributed by atoms with Gasteiger partial charge in [0.2, 0.25) is 19.7 Å². The van der Waals surface area contributed by atoms with Crippen molar-refractivity contribution in [3.8, 4) is 5.75 Å². The first-order chi connectivity index (χ1) is 30.1. The molecule has 0 aliphatic heterocycles. The number of nitrogens with zero attached hydrogens (tertiary/aromatic N) is 4. The van der Waals surface area contributed by atoms with Crippen molar-refractivity contribution in [2.24, 2.45) is 0 Å². The van der Waals surface area contributed by atoms with Crippen LogP contribution in [0.1, 0.15) is 56.8 Å². The minimum Gasteiger partial charge on any atom is -0.490 e. The van der Waals surface area contributed by atoms with Crippen molar-refractivity contribution in [2.75, 3.05) is 0 Å². The van der Waals surface area contributed by atoms with Crippen molar-refractivity contribution in [2.45, 2.75) is 66.5 Å². The van der Waals surface area contributed by atoms with E-state index in [2.05, 4.69) is 30.8 Å². The summed E-state index contributed by atoms with van der Waals surface area (Å²) in [6.07, 6.45) is 8.03. The van der Waals surface area contributed by atoms with Gasteiger partial charge in [0.25, 0.3) is 11.8 Å². The maximum absolute atomic E-state index is 13.2. The highest BCUT2D eigenvalue weighted by Gasteiger charge is 2.24. The van der Waals surface area contributed by atoms with Gasteiger partial charge < -0.3 is 19.8 Å². The fourth-order valence-electron chi connectivity index (χ4n) is 6.45. The number of hydrogen-bond donors (Lipinski definition) is 3. The van der Waals surface area contributed by atoms with E-state index in [0.717, 1.165) is 27.7 Å². The molecule has 0 unspecified atom stereocenters. The fraction of sp³-hybridized carbons (Fsp3) is 0.152. The summed E-state index contributed by atoms with van der Waals surface area (Å²) in [6, 6.07) is 28.0. The number of fused-ring (bicyclic) bond motifs is 2. The predicted octanol–water partition coefficient (Wildman–Crippen LogP) is 7.88. The summed E-state index contributed by atoms with van der Waals surface area (Å²) < 4.78 is 59.8. The molecule has 3 N–H and O–H groups in total. The molecule has 0 fully saturated rings. The molecule has 4 heterocycles. The molecule has 0 bridgehead atoms. The number of carbonyl (C=O) groups excluding carboxylic acids is 2. The van der Waals surface area contributed by atoms with Crippen LogP contribution in [0.4, 0.5) is 0 Å². The van der Waals surface area contributed by atoms with E-state index in [9.17, 15) is 26.4 Å². The monoisotopic (exact) mass is 903 g/mol. The van der Waals surface area contributed by atoms with Crippen LogP contribution in [0.2, 0.25) is 5.02 Å². The number of aromatic amines is 1. The Hall–Kier alpha value is -6.88. The van der Waals surface area contributed by atoms with E-state index in [1.807, 2.05) is 32.9 Å². The number of halogens is 1. The lowest BCUT2D eigenvalue weighted by atomic mass is 10.2. The minimum absolute atomic E-state index is 0.00638. The Morgan fingerprint density at radius 2 is 1.37 bits per heavy atom. The van der Waals surface area contributed by atoms with Gasteiger partial charge in [0, 0.05) is 48.3 Å². The third-order valence-electron chi connectivity index (χ3n) is 9.77. The number of nitrogens with one attached hydrogen (secondary N) is 3. The number of hydrogen-bond acceptors (Lipinski definition) is 10. The molecule has 14 nitrogen and oxygen atoms in total. The standard InChI is InChI=1S/C23H21ClN4O4S.C23H21N3O3S/c1-14(2)32-20-8-5-18(24)10-21(20)33(30,31)19-6-3-15(4-7-19)11-26-23(29)17-9-16-13-27-28-22(16)25-12-17;1-16-3-4-17(2)21(13-16)30(28,29)20-8-5-18(6-9-20)14-25-23(27)19-7-10-22-24-11-12-26(22)15-19/h3-10,12-14H,11H2,1-2H3,(H,26,29)(H,25,27,28);3-13,15H,14H2,1-2H3,(H,25,27). The van der Waals surface area contributed by atoms with Crippen molar-refractivity contribution in [3.05, 3.63) is 173 Å². The van der Waals surface area contributed by atoms with Gasteiger partial charge in [-0.3, -0.25) is 14.7 Å². The smallest absolute Gasteiger partial charge is 0.253 e. The number of imidazole rings is 1. The van der Waals surface area contributed by atoms with Crippen LogP contribution < -0.4 is 15.4 Å². The van der Waals surface area contributed by atoms with Crippen LogP contribution in [0, 0.1) is 13.8 Å². The fourth-order valence-corrected chi connectivity index (χ4v) is 9.68. The van der Waals surface area contributed by atoms with Gasteiger partial charge in [0.05, 0.1) is 38.1 Å². The van der Waals surface area contributed by atoms with Crippen molar-refractivity contribution in [1.82, 2.24) is 35.2 Å². The molecule has 0 aliphatic rings. The van der Waals surface area contributed by atoms with Crippen LogP contribution in [-0.2, 0) is 32.8 Å². The molecular weight excluding hydrogens is 862 g/mol. The number of aryl methyl sites for hydroxylation is 2. The van der Waals surface area contributed by atoms with Crippen LogP contribution >= 0.6 is 11.6 Å². The summed E-state index contributed by atoms with van der Waals surface area (Å²) in [5.41, 5.74) is 5.46. The number of rotatable bonds is 12. The van der Waals surface area contributed by atoms with Crippen molar-refractivity contribution in [3.63, 3.8) is 0 Å². The molecule has 8 aromatic rings. The van der Waals surface area contributed by atoms with E-state index >= 15 is 0 Å². The molecule has 0 aliphatic carbocycles. The highest BCUT2D eigenvalue weighted by molar-refractivity contribution is 7.92. The van der Waals surface area contributed by atoms with Gasteiger partial charge in [-0.1, -0.05) is 48.0 Å². The lowest BCUT2D eigenvalue weighted by molar-refractivity contribution is 0.0942. The number of H-pyrrole nitrogens is 1. The number of carbonyl (C=O) groups is 2. The Morgan fingerprint density at radius 3 is 2.02 bits per heavy atom. The van der Waals surface area contributed by atoms with Gasteiger partial charge in [-0.15, -0.1) is 0 Å². The molecule has 63 heavy (non-hydrogen) atoms. The second kappa shape index (κ2) is 18.6. The Bertz CT molecular complexity index is 3190.